The average molecular weight is 393 g/mol. The van der Waals surface area contributed by atoms with Crippen molar-refractivity contribution in [1.82, 2.24) is 4.98 Å². The number of esters is 1. The third-order valence-electron chi connectivity index (χ3n) is 4.69. The summed E-state index contributed by atoms with van der Waals surface area (Å²) in [6.45, 7) is 2.32. The molecule has 6 nitrogen and oxygen atoms in total. The van der Waals surface area contributed by atoms with Gasteiger partial charge in [0, 0.05) is 35.8 Å². The number of anilines is 3. The van der Waals surface area contributed by atoms with Crippen molar-refractivity contribution in [3.63, 3.8) is 0 Å². The molecule has 0 spiro atoms. The molecule has 0 saturated carbocycles. The Kier molecular flexibility index (Phi) is 4.83. The first kappa shape index (κ1) is 18.2. The molecule has 2 aromatic carbocycles. The van der Waals surface area contributed by atoms with E-state index < -0.39 is 0 Å². The van der Waals surface area contributed by atoms with Gasteiger partial charge in [0.1, 0.15) is 0 Å². The van der Waals surface area contributed by atoms with Crippen molar-refractivity contribution in [3.05, 3.63) is 59.0 Å². The Labute approximate surface area is 166 Å². The molecule has 1 aliphatic heterocycles. The Bertz CT molecular complexity index is 1060. The second-order valence-corrected chi connectivity index (χ2v) is 7.36. The third kappa shape index (κ3) is 3.48. The van der Waals surface area contributed by atoms with Crippen LogP contribution in [0.3, 0.4) is 0 Å². The number of ether oxygens (including phenoxy) is 1. The summed E-state index contributed by atoms with van der Waals surface area (Å²) in [5, 5.41) is 5.97. The van der Waals surface area contributed by atoms with E-state index in [-0.39, 0.29) is 11.9 Å². The number of hydrogen-bond donors (Lipinski definition) is 1. The van der Waals surface area contributed by atoms with E-state index >= 15 is 0 Å². The van der Waals surface area contributed by atoms with Crippen molar-refractivity contribution in [2.45, 2.75) is 13.3 Å². The Morgan fingerprint density at radius 2 is 2.07 bits per heavy atom. The van der Waals surface area contributed by atoms with Crippen LogP contribution < -0.4 is 10.2 Å². The molecule has 0 saturated heterocycles. The fraction of sp³-hybridized carbons (Fsp3) is 0.190. The number of nitrogens with one attached hydrogen (secondary N) is 1. The summed E-state index contributed by atoms with van der Waals surface area (Å²) in [5.74, 6) is -0.304. The quantitative estimate of drug-likeness (QED) is 0.671. The summed E-state index contributed by atoms with van der Waals surface area (Å²) in [4.78, 5) is 29.8. The highest BCUT2D eigenvalue weighted by Gasteiger charge is 2.22. The molecule has 0 aliphatic carbocycles. The van der Waals surface area contributed by atoms with E-state index in [0.29, 0.717) is 5.56 Å². The van der Waals surface area contributed by atoms with Gasteiger partial charge in [-0.25, -0.2) is 9.78 Å². The van der Waals surface area contributed by atoms with Gasteiger partial charge >= 0.3 is 5.97 Å². The van der Waals surface area contributed by atoms with Gasteiger partial charge in [0.25, 0.3) is 0 Å². The SMILES string of the molecule is COC(=O)c1cccc(Nc2nc(-c3ccc4c(c3)CCN4C(C)=O)cs2)c1. The van der Waals surface area contributed by atoms with Crippen LogP contribution in [0, 0.1) is 0 Å². The Morgan fingerprint density at radius 3 is 2.86 bits per heavy atom. The molecule has 142 valence electrons. The highest BCUT2D eigenvalue weighted by atomic mass is 32.1. The smallest absolute Gasteiger partial charge is 0.337 e. The molecule has 0 atom stereocenters. The molecule has 1 amide bonds. The van der Waals surface area contributed by atoms with Crippen LogP contribution >= 0.6 is 11.3 Å². The first-order chi connectivity index (χ1) is 13.5. The lowest BCUT2D eigenvalue weighted by Gasteiger charge is -2.14. The summed E-state index contributed by atoms with van der Waals surface area (Å²) >= 11 is 1.50. The number of thiazole rings is 1. The minimum atomic E-state index is -0.374. The molecular formula is C21H19N3O3S. The van der Waals surface area contributed by atoms with E-state index in [9.17, 15) is 9.59 Å². The summed E-state index contributed by atoms with van der Waals surface area (Å²) < 4.78 is 4.76. The fourth-order valence-electron chi connectivity index (χ4n) is 3.32. The lowest BCUT2D eigenvalue weighted by molar-refractivity contribution is -0.116. The molecule has 0 radical (unpaired) electrons. The zero-order valence-electron chi connectivity index (χ0n) is 15.6. The molecular weight excluding hydrogens is 374 g/mol. The van der Waals surface area contributed by atoms with Gasteiger partial charge in [-0.15, -0.1) is 11.3 Å². The number of amides is 1. The van der Waals surface area contributed by atoms with E-state index in [0.717, 1.165) is 40.7 Å². The van der Waals surface area contributed by atoms with Gasteiger partial charge in [-0.05, 0) is 42.3 Å². The molecule has 3 aromatic rings. The van der Waals surface area contributed by atoms with Crippen LogP contribution in [0.25, 0.3) is 11.3 Å². The van der Waals surface area contributed by atoms with Crippen molar-refractivity contribution in [2.24, 2.45) is 0 Å². The molecule has 0 bridgehead atoms. The minimum Gasteiger partial charge on any atom is -0.465 e. The van der Waals surface area contributed by atoms with E-state index in [4.69, 9.17) is 4.74 Å². The predicted molar refractivity (Wildman–Crippen MR) is 110 cm³/mol. The first-order valence-electron chi connectivity index (χ1n) is 8.87. The zero-order chi connectivity index (χ0) is 19.7. The largest absolute Gasteiger partial charge is 0.465 e. The maximum absolute atomic E-state index is 11.7. The summed E-state index contributed by atoms with van der Waals surface area (Å²) in [6.07, 6.45) is 0.859. The number of hydrogen-bond acceptors (Lipinski definition) is 6. The standard InChI is InChI=1S/C21H19N3O3S/c1-13(25)24-9-8-15-10-14(6-7-19(15)24)18-12-28-21(23-18)22-17-5-3-4-16(11-17)20(26)27-2/h3-7,10-12H,8-9H2,1-2H3,(H,22,23). The van der Waals surface area contributed by atoms with E-state index in [1.807, 2.05) is 23.6 Å². The third-order valence-corrected chi connectivity index (χ3v) is 5.45. The number of benzene rings is 2. The normalized spacial score (nSPS) is 12.6. The highest BCUT2D eigenvalue weighted by molar-refractivity contribution is 7.14. The Balaban J connectivity index is 1.54. The van der Waals surface area contributed by atoms with Gasteiger partial charge in [0.15, 0.2) is 5.13 Å². The lowest BCUT2D eigenvalue weighted by atomic mass is 10.1. The predicted octanol–water partition coefficient (Wildman–Crippen LogP) is 4.25. The van der Waals surface area contributed by atoms with Crippen molar-refractivity contribution in [3.8, 4) is 11.3 Å². The average Bonchev–Trinajstić information content (AvgIpc) is 3.34. The highest BCUT2D eigenvalue weighted by Crippen LogP contribution is 2.34. The van der Waals surface area contributed by atoms with Crippen molar-refractivity contribution < 1.29 is 14.3 Å². The molecule has 0 unspecified atom stereocenters. The number of rotatable bonds is 4. The van der Waals surface area contributed by atoms with Crippen LogP contribution in [-0.2, 0) is 16.0 Å². The van der Waals surface area contributed by atoms with E-state index in [2.05, 4.69) is 16.4 Å². The summed E-state index contributed by atoms with van der Waals surface area (Å²) in [7, 11) is 1.36. The van der Waals surface area contributed by atoms with Gasteiger partial charge in [0.2, 0.25) is 5.91 Å². The van der Waals surface area contributed by atoms with Crippen molar-refractivity contribution in [1.29, 1.82) is 0 Å². The summed E-state index contributed by atoms with van der Waals surface area (Å²) in [5.41, 5.74) is 5.32. The maximum atomic E-state index is 11.7. The number of methoxy groups -OCH3 is 1. The summed E-state index contributed by atoms with van der Waals surface area (Å²) in [6, 6.07) is 13.2. The van der Waals surface area contributed by atoms with Crippen LogP contribution in [0.1, 0.15) is 22.8 Å². The minimum absolute atomic E-state index is 0.0702. The van der Waals surface area contributed by atoms with Crippen LogP contribution in [0.4, 0.5) is 16.5 Å². The van der Waals surface area contributed by atoms with Crippen molar-refractivity contribution in [2.75, 3.05) is 23.9 Å². The Morgan fingerprint density at radius 1 is 1.21 bits per heavy atom. The number of fused-ring (bicyclic) bond motifs is 1. The van der Waals surface area contributed by atoms with Crippen LogP contribution in [0.2, 0.25) is 0 Å². The number of carbonyl (C=O) groups excluding carboxylic acids is 2. The number of nitrogens with zero attached hydrogens (tertiary/aromatic N) is 2. The topological polar surface area (TPSA) is 71.5 Å². The molecule has 0 fully saturated rings. The molecule has 1 aromatic heterocycles. The van der Waals surface area contributed by atoms with Gasteiger partial charge in [-0.1, -0.05) is 12.1 Å². The number of aromatic nitrogens is 1. The molecule has 4 rings (SSSR count). The van der Waals surface area contributed by atoms with Crippen molar-refractivity contribution >= 4 is 39.7 Å². The lowest BCUT2D eigenvalue weighted by Crippen LogP contribution is -2.25. The maximum Gasteiger partial charge on any atom is 0.337 e. The second-order valence-electron chi connectivity index (χ2n) is 6.50. The van der Waals surface area contributed by atoms with Crippen LogP contribution in [0.15, 0.2) is 47.8 Å². The molecule has 28 heavy (non-hydrogen) atoms. The van der Waals surface area contributed by atoms with Gasteiger partial charge in [-0.3, -0.25) is 4.79 Å². The Hall–Kier alpha value is -3.19. The van der Waals surface area contributed by atoms with Gasteiger partial charge in [0.05, 0.1) is 18.4 Å². The van der Waals surface area contributed by atoms with Crippen LogP contribution in [-0.4, -0.2) is 30.5 Å². The fourth-order valence-corrected chi connectivity index (χ4v) is 4.06. The monoisotopic (exact) mass is 393 g/mol. The second kappa shape index (κ2) is 7.44. The van der Waals surface area contributed by atoms with E-state index in [1.165, 1.54) is 24.0 Å². The van der Waals surface area contributed by atoms with Crippen LogP contribution in [0.5, 0.6) is 0 Å². The van der Waals surface area contributed by atoms with E-state index in [1.54, 1.807) is 30.0 Å². The van der Waals surface area contributed by atoms with Gasteiger partial charge < -0.3 is 15.0 Å². The molecule has 2 heterocycles. The molecule has 1 aliphatic rings. The molecule has 7 heteroatoms. The van der Waals surface area contributed by atoms with Gasteiger partial charge in [-0.2, -0.15) is 0 Å². The molecule has 1 N–H and O–H groups in total. The zero-order valence-corrected chi connectivity index (χ0v) is 16.4. The number of carbonyl (C=O) groups is 2. The first-order valence-corrected chi connectivity index (χ1v) is 9.75.